The van der Waals surface area contributed by atoms with Crippen LogP contribution in [0.15, 0.2) is 40.8 Å². The number of allylic oxidation sites excluding steroid dienone is 2. The van der Waals surface area contributed by atoms with Gasteiger partial charge < -0.3 is 5.32 Å². The van der Waals surface area contributed by atoms with Gasteiger partial charge in [-0.15, -0.1) is 0 Å². The number of nitrogens with zero attached hydrogens (tertiary/aromatic N) is 1. The van der Waals surface area contributed by atoms with E-state index in [-0.39, 0.29) is 11.9 Å². The number of hydrogen-bond donors (Lipinski definition) is 1. The first-order valence-corrected chi connectivity index (χ1v) is 12.7. The Morgan fingerprint density at radius 3 is 2.30 bits per heavy atom. The van der Waals surface area contributed by atoms with Crippen LogP contribution in [-0.2, 0) is 14.8 Å². The van der Waals surface area contributed by atoms with Crippen molar-refractivity contribution in [3.05, 3.63) is 35.9 Å². The summed E-state index contributed by atoms with van der Waals surface area (Å²) in [6.07, 6.45) is 8.60. The number of carbonyl (C=O) groups is 1. The minimum atomic E-state index is -3.61. The van der Waals surface area contributed by atoms with Crippen LogP contribution in [0, 0.1) is 17.8 Å². The van der Waals surface area contributed by atoms with E-state index in [2.05, 4.69) is 32.2 Å². The summed E-state index contributed by atoms with van der Waals surface area (Å²) in [5.74, 6) is 0.993. The maximum atomic E-state index is 13.7. The molecular formula is C24H36N2O3S. The molecule has 2 aliphatic carbocycles. The van der Waals surface area contributed by atoms with Gasteiger partial charge in [0.2, 0.25) is 15.9 Å². The minimum absolute atomic E-state index is 0.0742. The van der Waals surface area contributed by atoms with E-state index in [0.717, 1.165) is 32.1 Å². The molecule has 1 aromatic carbocycles. The molecule has 1 fully saturated rings. The lowest BCUT2D eigenvalue weighted by Crippen LogP contribution is -2.46. The topological polar surface area (TPSA) is 66.5 Å². The lowest BCUT2D eigenvalue weighted by Gasteiger charge is -2.40. The van der Waals surface area contributed by atoms with Gasteiger partial charge >= 0.3 is 0 Å². The summed E-state index contributed by atoms with van der Waals surface area (Å²) < 4.78 is 29.3. The third-order valence-electron chi connectivity index (χ3n) is 6.75. The average Bonchev–Trinajstić information content (AvgIpc) is 2.68. The van der Waals surface area contributed by atoms with Crippen LogP contribution in [0.5, 0.6) is 0 Å². The zero-order chi connectivity index (χ0) is 21.9. The highest BCUT2D eigenvalue weighted by molar-refractivity contribution is 7.89. The number of rotatable bonds is 6. The SMILES string of the molecule is CC(=O)Nc1ccc(S(=O)(=O)N(C[C@@H]2[C@@H](C)C=C(C)C[C@@H]2C)C2CCCCC2)cc1. The number of hydrogen-bond acceptors (Lipinski definition) is 3. The van der Waals surface area contributed by atoms with Gasteiger partial charge in [-0.05, 0) is 68.2 Å². The van der Waals surface area contributed by atoms with Crippen LogP contribution in [0.1, 0.15) is 66.2 Å². The molecule has 6 heteroatoms. The standard InChI is InChI=1S/C24H36N2O3S/c1-17-14-18(2)24(19(3)15-17)16-26(22-8-6-5-7-9-22)30(28,29)23-12-10-21(11-13-23)25-20(4)27/h10-14,18-19,22,24H,5-9,15-16H2,1-4H3,(H,25,27)/t18-,19-,24+/m0/s1. The number of benzene rings is 1. The lowest BCUT2D eigenvalue weighted by atomic mass is 9.75. The number of sulfonamides is 1. The molecule has 0 aliphatic heterocycles. The Morgan fingerprint density at radius 2 is 1.73 bits per heavy atom. The van der Waals surface area contributed by atoms with Crippen LogP contribution in [0.4, 0.5) is 5.69 Å². The number of amides is 1. The normalized spacial score (nSPS) is 25.8. The summed E-state index contributed by atoms with van der Waals surface area (Å²) in [6.45, 7) is 8.67. The zero-order valence-electron chi connectivity index (χ0n) is 18.7. The molecule has 0 bridgehead atoms. The smallest absolute Gasteiger partial charge is 0.243 e. The maximum absolute atomic E-state index is 13.7. The molecule has 3 atom stereocenters. The fourth-order valence-corrected chi connectivity index (χ4v) is 6.96. The van der Waals surface area contributed by atoms with Crippen LogP contribution >= 0.6 is 0 Å². The van der Waals surface area contributed by atoms with Crippen molar-refractivity contribution in [1.29, 1.82) is 0 Å². The second kappa shape index (κ2) is 9.65. The highest BCUT2D eigenvalue weighted by Gasteiger charge is 2.37. The molecule has 1 N–H and O–H groups in total. The third kappa shape index (κ3) is 5.33. The second-order valence-electron chi connectivity index (χ2n) is 9.29. The van der Waals surface area contributed by atoms with Crippen molar-refractivity contribution in [3.63, 3.8) is 0 Å². The summed E-state index contributed by atoms with van der Waals surface area (Å²) >= 11 is 0. The molecule has 3 rings (SSSR count). The molecule has 166 valence electrons. The fourth-order valence-electron chi connectivity index (χ4n) is 5.23. The van der Waals surface area contributed by atoms with E-state index in [9.17, 15) is 13.2 Å². The van der Waals surface area contributed by atoms with Crippen LogP contribution < -0.4 is 5.32 Å². The molecule has 2 aliphatic rings. The highest BCUT2D eigenvalue weighted by Crippen LogP contribution is 2.37. The van der Waals surface area contributed by atoms with Crippen molar-refractivity contribution in [1.82, 2.24) is 4.31 Å². The van der Waals surface area contributed by atoms with E-state index in [1.807, 2.05) is 4.31 Å². The first kappa shape index (κ1) is 23.0. The second-order valence-corrected chi connectivity index (χ2v) is 11.2. The van der Waals surface area contributed by atoms with E-state index < -0.39 is 10.0 Å². The molecule has 1 saturated carbocycles. The van der Waals surface area contributed by atoms with Gasteiger partial charge in [0.25, 0.3) is 0 Å². The maximum Gasteiger partial charge on any atom is 0.243 e. The van der Waals surface area contributed by atoms with Gasteiger partial charge in [-0.1, -0.05) is 44.8 Å². The van der Waals surface area contributed by atoms with Gasteiger partial charge in [-0.2, -0.15) is 4.31 Å². The Morgan fingerprint density at radius 1 is 1.10 bits per heavy atom. The molecular weight excluding hydrogens is 396 g/mol. The van der Waals surface area contributed by atoms with E-state index in [4.69, 9.17) is 0 Å². The quantitative estimate of drug-likeness (QED) is 0.628. The monoisotopic (exact) mass is 432 g/mol. The van der Waals surface area contributed by atoms with Crippen molar-refractivity contribution in [2.24, 2.45) is 17.8 Å². The Kier molecular flexibility index (Phi) is 7.40. The molecule has 0 spiro atoms. The first-order valence-electron chi connectivity index (χ1n) is 11.2. The van der Waals surface area contributed by atoms with E-state index in [1.165, 1.54) is 18.9 Å². The molecule has 5 nitrogen and oxygen atoms in total. The minimum Gasteiger partial charge on any atom is -0.326 e. The first-order chi connectivity index (χ1) is 14.2. The Labute approximate surface area is 182 Å². The van der Waals surface area contributed by atoms with Crippen LogP contribution in [0.2, 0.25) is 0 Å². The van der Waals surface area contributed by atoms with E-state index in [0.29, 0.717) is 34.9 Å². The van der Waals surface area contributed by atoms with Gasteiger partial charge in [-0.3, -0.25) is 4.79 Å². The zero-order valence-corrected chi connectivity index (χ0v) is 19.5. The van der Waals surface area contributed by atoms with Crippen molar-refractivity contribution in [3.8, 4) is 0 Å². The van der Waals surface area contributed by atoms with Gasteiger partial charge in [0, 0.05) is 25.2 Å². The molecule has 0 aromatic heterocycles. The molecule has 0 heterocycles. The summed E-state index contributed by atoms with van der Waals surface area (Å²) in [7, 11) is -3.61. The van der Waals surface area contributed by atoms with Crippen LogP contribution in [-0.4, -0.2) is 31.2 Å². The fraction of sp³-hybridized carbons (Fsp3) is 0.625. The summed E-state index contributed by atoms with van der Waals surface area (Å²) in [5.41, 5.74) is 2.02. The lowest BCUT2D eigenvalue weighted by molar-refractivity contribution is -0.114. The molecule has 0 unspecified atom stereocenters. The molecule has 30 heavy (non-hydrogen) atoms. The van der Waals surface area contributed by atoms with Crippen molar-refractivity contribution in [2.45, 2.75) is 77.2 Å². The number of anilines is 1. The molecule has 1 amide bonds. The van der Waals surface area contributed by atoms with Crippen molar-refractivity contribution >= 4 is 21.6 Å². The van der Waals surface area contributed by atoms with Gasteiger partial charge in [-0.25, -0.2) is 8.42 Å². The number of carbonyl (C=O) groups excluding carboxylic acids is 1. The van der Waals surface area contributed by atoms with Crippen LogP contribution in [0.3, 0.4) is 0 Å². The summed E-state index contributed by atoms with van der Waals surface area (Å²) in [6, 6.07) is 6.66. The Balaban J connectivity index is 1.90. The van der Waals surface area contributed by atoms with E-state index >= 15 is 0 Å². The highest BCUT2D eigenvalue weighted by atomic mass is 32.2. The Hall–Kier alpha value is -1.66. The largest absolute Gasteiger partial charge is 0.326 e. The molecule has 1 aromatic rings. The summed E-state index contributed by atoms with van der Waals surface area (Å²) in [4.78, 5) is 11.6. The Bertz CT molecular complexity index is 870. The summed E-state index contributed by atoms with van der Waals surface area (Å²) in [5, 5.41) is 2.70. The third-order valence-corrected chi connectivity index (χ3v) is 8.68. The predicted octanol–water partition coefficient (Wildman–Crippen LogP) is 5.21. The van der Waals surface area contributed by atoms with Gasteiger partial charge in [0.05, 0.1) is 4.90 Å². The molecule has 0 radical (unpaired) electrons. The van der Waals surface area contributed by atoms with Crippen molar-refractivity contribution in [2.75, 3.05) is 11.9 Å². The van der Waals surface area contributed by atoms with Gasteiger partial charge in [0.1, 0.15) is 0 Å². The van der Waals surface area contributed by atoms with E-state index in [1.54, 1.807) is 24.3 Å². The predicted molar refractivity (Wildman–Crippen MR) is 122 cm³/mol. The average molecular weight is 433 g/mol. The van der Waals surface area contributed by atoms with Crippen molar-refractivity contribution < 1.29 is 13.2 Å². The van der Waals surface area contributed by atoms with Gasteiger partial charge in [0.15, 0.2) is 0 Å². The molecule has 0 saturated heterocycles. The van der Waals surface area contributed by atoms with Crippen LogP contribution in [0.25, 0.3) is 0 Å². The number of nitrogens with one attached hydrogen (secondary N) is 1.